The Hall–Kier alpha value is -7.09. The van der Waals surface area contributed by atoms with Gasteiger partial charge in [0.25, 0.3) is 0 Å². The molecule has 7 amide bonds. The molecule has 27 heteroatoms. The fourth-order valence-corrected chi connectivity index (χ4v) is 15.9. The van der Waals surface area contributed by atoms with Crippen LogP contribution in [0.25, 0.3) is 11.0 Å². The van der Waals surface area contributed by atoms with Crippen molar-refractivity contribution in [3.05, 3.63) is 63.9 Å². The number of carbonyl (C=O) groups is 7. The van der Waals surface area contributed by atoms with Gasteiger partial charge in [0.2, 0.25) is 41.4 Å². The number of aliphatic hydroxyl groups excluding tert-OH is 2. The first-order chi connectivity index (χ1) is 41.1. The topological polar surface area (TPSA) is 440 Å². The number of hydrogen-bond acceptors (Lipinski definition) is 18. The van der Waals surface area contributed by atoms with Crippen LogP contribution >= 0.6 is 8.25 Å². The lowest BCUT2D eigenvalue weighted by atomic mass is 9.55. The molecule has 14 atom stereocenters. The number of aliphatic imine (C=N–C) groups is 3. The summed E-state index contributed by atoms with van der Waals surface area (Å²) >= 11 is 0. The van der Waals surface area contributed by atoms with E-state index in [0.717, 1.165) is 11.1 Å². The highest BCUT2D eigenvalue weighted by atomic mass is 31.1. The van der Waals surface area contributed by atoms with Crippen LogP contribution in [0.3, 0.4) is 0 Å². The summed E-state index contributed by atoms with van der Waals surface area (Å²) in [6.07, 6.45) is -1.96. The molecule has 8 bridgehead atoms. The van der Waals surface area contributed by atoms with Gasteiger partial charge in [0.15, 0.2) is 12.3 Å². The molecule has 8 rings (SSSR count). The molecule has 478 valence electrons. The number of nitrogens with zero attached hydrogens (tertiary/aromatic N) is 5. The number of ether oxygens (including phenoxy) is 1. The van der Waals surface area contributed by atoms with E-state index in [2.05, 4.69) is 15.6 Å². The minimum Gasteiger partial charge on any atom is -0.394 e. The number of hydrogen-bond donors (Lipinski definition) is 10. The maximum Gasteiger partial charge on any atom is 0.697 e. The maximum atomic E-state index is 14.2. The summed E-state index contributed by atoms with van der Waals surface area (Å²) in [4.78, 5) is 114. The van der Waals surface area contributed by atoms with Gasteiger partial charge in [-0.3, -0.25) is 48.5 Å². The van der Waals surface area contributed by atoms with Gasteiger partial charge in [-0.1, -0.05) is 34.6 Å². The first kappa shape index (κ1) is 66.9. The van der Waals surface area contributed by atoms with E-state index in [-0.39, 0.29) is 83.8 Å². The first-order valence-corrected chi connectivity index (χ1v) is 31.0. The van der Waals surface area contributed by atoms with Crippen LogP contribution in [-0.4, -0.2) is 128 Å². The number of nitrogens with one attached hydrogen (secondary N) is 2. The molecule has 26 nitrogen and oxygen atoms in total. The van der Waals surface area contributed by atoms with Gasteiger partial charge < -0.3 is 64.6 Å². The molecular formula is C61H87N13O13P+. The van der Waals surface area contributed by atoms with Gasteiger partial charge >= 0.3 is 8.25 Å². The maximum absolute atomic E-state index is 14.2. The largest absolute Gasteiger partial charge is 0.697 e. The van der Waals surface area contributed by atoms with Gasteiger partial charge in [-0.2, -0.15) is 0 Å². The summed E-state index contributed by atoms with van der Waals surface area (Å²) < 4.78 is 32.1. The zero-order valence-corrected chi connectivity index (χ0v) is 52.8. The van der Waals surface area contributed by atoms with E-state index in [0.29, 0.717) is 56.4 Å². The Kier molecular flexibility index (Phi) is 19.3. The molecule has 1 aromatic heterocycles. The second-order valence-electron chi connectivity index (χ2n) is 26.3. The average Bonchev–Trinajstić information content (AvgIpc) is 1.54. The van der Waals surface area contributed by atoms with Gasteiger partial charge in [-0.15, -0.1) is 9.05 Å². The summed E-state index contributed by atoms with van der Waals surface area (Å²) in [5.74, 6) is -6.90. The molecule has 6 aliphatic rings. The normalized spacial score (nSPS) is 33.0. The Labute approximate surface area is 512 Å². The SMILES string of the molecule is CC1=C2N/C(=C\C3=NC(=C(/C)C4=N[C@H]([C@H](CC(N)=O)[C@@]4(C)CCC(=O)NCCO[P+](=O)O[C@H]4[C@@H](O)[C@@H](n5cnc6cc(C)c(C)cc65)O[C@@H]4CO)[C@@]4(C)N=C1[C@H](CCC(N)=O)[C@]4(C)CC(N)=O)/[C@H](CCC(N)=O)C3(C)C)[C@H](CCC(N)=O)[C@@]2(C)CC(N)=O. The van der Waals surface area contributed by atoms with Crippen LogP contribution in [-0.2, 0) is 51.9 Å². The summed E-state index contributed by atoms with van der Waals surface area (Å²) in [6, 6.07) is 2.81. The number of rotatable bonds is 26. The third-order valence-electron chi connectivity index (χ3n) is 20.3. The Morgan fingerprint density at radius 2 is 1.40 bits per heavy atom. The number of amides is 7. The lowest BCUT2D eigenvalue weighted by Crippen LogP contribution is -2.56. The summed E-state index contributed by atoms with van der Waals surface area (Å²) in [5, 5.41) is 28.1. The molecule has 2 fully saturated rings. The van der Waals surface area contributed by atoms with Gasteiger partial charge in [0, 0.05) is 136 Å². The quantitative estimate of drug-likeness (QED) is 0.0477. The predicted molar refractivity (Wildman–Crippen MR) is 327 cm³/mol. The van der Waals surface area contributed by atoms with Crippen LogP contribution < -0.4 is 45.0 Å². The Morgan fingerprint density at radius 1 is 0.784 bits per heavy atom. The fraction of sp³-hybridized carbons (Fsp3) is 0.623. The lowest BCUT2D eigenvalue weighted by molar-refractivity contribution is -0.124. The van der Waals surface area contributed by atoms with Crippen LogP contribution in [0.15, 0.2) is 67.8 Å². The van der Waals surface area contributed by atoms with E-state index in [1.807, 2.05) is 87.4 Å². The number of benzene rings is 1. The molecule has 2 aromatic rings. The number of nitrogens with two attached hydrogens (primary N) is 6. The van der Waals surface area contributed by atoms with Crippen LogP contribution in [0.5, 0.6) is 0 Å². The molecule has 0 aliphatic carbocycles. The number of aliphatic hydroxyl groups is 2. The second-order valence-corrected chi connectivity index (χ2v) is 27.2. The van der Waals surface area contributed by atoms with Crippen molar-refractivity contribution in [2.24, 2.45) is 94.7 Å². The fourth-order valence-electron chi connectivity index (χ4n) is 15.2. The van der Waals surface area contributed by atoms with Gasteiger partial charge in [-0.25, -0.2) is 4.98 Å². The number of fused-ring (bicyclic) bond motifs is 7. The van der Waals surface area contributed by atoms with Gasteiger partial charge in [-0.05, 0) is 101 Å². The lowest BCUT2D eigenvalue weighted by Gasteiger charge is -2.48. The third kappa shape index (κ3) is 12.5. The van der Waals surface area contributed by atoms with E-state index < -0.39 is 138 Å². The van der Waals surface area contributed by atoms with Crippen LogP contribution in [0.2, 0.25) is 0 Å². The number of primary amides is 6. The van der Waals surface area contributed by atoms with Crippen molar-refractivity contribution >= 4 is 77.8 Å². The predicted octanol–water partition coefficient (Wildman–Crippen LogP) is 3.33. The van der Waals surface area contributed by atoms with Crippen molar-refractivity contribution in [3.8, 4) is 0 Å². The van der Waals surface area contributed by atoms with E-state index >= 15 is 0 Å². The third-order valence-corrected chi connectivity index (χ3v) is 21.1. The number of carbonyl (C=O) groups excluding carboxylic acids is 7. The first-order valence-electron chi connectivity index (χ1n) is 29.9. The highest BCUT2D eigenvalue weighted by Crippen LogP contribution is 2.62. The Bertz CT molecular complexity index is 3420. The number of aryl methyl sites for hydroxylation is 2. The second kappa shape index (κ2) is 25.4. The van der Waals surface area contributed by atoms with Crippen LogP contribution in [0.4, 0.5) is 0 Å². The number of allylic oxidation sites excluding steroid dienone is 6. The Morgan fingerprint density at radius 3 is 2.00 bits per heavy atom. The smallest absolute Gasteiger partial charge is 0.394 e. The zero-order valence-electron chi connectivity index (χ0n) is 51.9. The minimum absolute atomic E-state index is 0.0226. The van der Waals surface area contributed by atoms with Crippen molar-refractivity contribution in [1.29, 1.82) is 0 Å². The van der Waals surface area contributed by atoms with Crippen LogP contribution in [0.1, 0.15) is 143 Å². The van der Waals surface area contributed by atoms with E-state index in [1.54, 1.807) is 4.57 Å². The molecule has 2 saturated heterocycles. The van der Waals surface area contributed by atoms with E-state index in [1.165, 1.54) is 6.33 Å². The molecule has 6 aliphatic heterocycles. The van der Waals surface area contributed by atoms with E-state index in [4.69, 9.17) is 63.2 Å². The molecule has 0 radical (unpaired) electrons. The molecule has 7 heterocycles. The summed E-state index contributed by atoms with van der Waals surface area (Å²) in [5.41, 5.74) is 37.8. The molecule has 16 N–H and O–H groups in total. The molecule has 1 unspecified atom stereocenters. The average molecular weight is 1240 g/mol. The molecule has 0 spiro atoms. The number of imidazole rings is 1. The highest BCUT2D eigenvalue weighted by molar-refractivity contribution is 7.33. The van der Waals surface area contributed by atoms with Crippen molar-refractivity contribution in [1.82, 2.24) is 20.2 Å². The van der Waals surface area contributed by atoms with Crippen molar-refractivity contribution in [2.75, 3.05) is 19.8 Å². The molecule has 0 saturated carbocycles. The van der Waals surface area contributed by atoms with E-state index in [9.17, 15) is 48.3 Å². The molecular weight excluding hydrogens is 1150 g/mol. The van der Waals surface area contributed by atoms with Gasteiger partial charge in [0.1, 0.15) is 18.8 Å². The Balaban J connectivity index is 1.18. The highest BCUT2D eigenvalue weighted by Gasteiger charge is 2.66. The van der Waals surface area contributed by atoms with Crippen molar-refractivity contribution < 1.29 is 62.1 Å². The number of aromatic nitrogens is 2. The van der Waals surface area contributed by atoms with Crippen molar-refractivity contribution in [2.45, 2.75) is 176 Å². The van der Waals surface area contributed by atoms with Gasteiger partial charge in [0.05, 0.1) is 35.5 Å². The van der Waals surface area contributed by atoms with Crippen molar-refractivity contribution in [3.63, 3.8) is 0 Å². The minimum atomic E-state index is -2.93. The van der Waals surface area contributed by atoms with Crippen LogP contribution in [0, 0.1) is 59.2 Å². The zero-order chi connectivity index (χ0) is 64.9. The summed E-state index contributed by atoms with van der Waals surface area (Å²) in [6.45, 7) is 18.0. The standard InChI is InChI=1S/C61H86N13O13P/c1-29-21-38-39(22-30(29)2)74(28-69-38)56-51(83)52(40(27-75)86-56)87-88(84)85-20-19-68-48(82)17-18-58(7)36(23-45(65)79)55-61(10)60(9,26-47(67)81)35(13-16-44(64)78)50(73-61)32(4)54-59(8,25-46(66)80)33(11-14-42(62)76)37(70-54)24-41-57(5,6)34(12-15-43(63)77)49(71-41)31(3)53(58)72-55/h21-22,24,28,33-36,40,51-52,55-56,75,83H,11-20,23,25-27H2,1-10H3,(H13-,62,63,64,65,66,67,68,70,71,72,73,76,77,78,79,80,81,82)/p+1/t33-,34-,35-,36-,40+,51+,52+,55+,56-,58+,59+,60-,61+/m0/s1. The molecule has 1 aromatic carbocycles. The summed E-state index contributed by atoms with van der Waals surface area (Å²) in [7, 11) is -2.93. The molecule has 88 heavy (non-hydrogen) atoms. The monoisotopic (exact) mass is 1240 g/mol.